The minimum atomic E-state index is -1.01. The summed E-state index contributed by atoms with van der Waals surface area (Å²) in [6.45, 7) is 9.43. The number of alkyl carbamates (subject to hydrolysis) is 1. The van der Waals surface area contributed by atoms with Gasteiger partial charge in [0.25, 0.3) is 5.91 Å². The molecular formula is C28H39N3O5S. The molecule has 0 radical (unpaired) electrons. The van der Waals surface area contributed by atoms with Crippen molar-refractivity contribution in [1.29, 1.82) is 0 Å². The van der Waals surface area contributed by atoms with Gasteiger partial charge in [-0.2, -0.15) is 12.6 Å². The highest BCUT2D eigenvalue weighted by molar-refractivity contribution is 7.80. The number of benzene rings is 2. The zero-order valence-electron chi connectivity index (χ0n) is 22.3. The van der Waals surface area contributed by atoms with Gasteiger partial charge in [-0.15, -0.1) is 0 Å². The van der Waals surface area contributed by atoms with Crippen LogP contribution in [-0.4, -0.2) is 51.9 Å². The fraction of sp³-hybridized carbons (Fsp3) is 0.464. The Morgan fingerprint density at radius 3 is 2.27 bits per heavy atom. The third-order valence-electron chi connectivity index (χ3n) is 5.63. The second kappa shape index (κ2) is 13.9. The van der Waals surface area contributed by atoms with E-state index in [1.54, 1.807) is 39.0 Å². The first-order valence-corrected chi connectivity index (χ1v) is 13.2. The summed E-state index contributed by atoms with van der Waals surface area (Å²) >= 11 is 4.31. The van der Waals surface area contributed by atoms with Gasteiger partial charge >= 0.3 is 6.09 Å². The monoisotopic (exact) mass is 529 g/mol. The number of para-hydroxylation sites is 1. The molecule has 2 atom stereocenters. The number of phenols is 1. The van der Waals surface area contributed by atoms with E-state index in [-0.39, 0.29) is 11.5 Å². The molecule has 0 heterocycles. The Balaban J connectivity index is 2.47. The molecule has 0 aromatic heterocycles. The Kier molecular flexibility index (Phi) is 11.3. The first-order chi connectivity index (χ1) is 17.5. The van der Waals surface area contributed by atoms with Crippen molar-refractivity contribution in [3.8, 4) is 5.75 Å². The molecule has 9 heteroatoms. The van der Waals surface area contributed by atoms with Crippen LogP contribution in [0, 0.1) is 6.92 Å². The van der Waals surface area contributed by atoms with Crippen LogP contribution in [0.5, 0.6) is 5.75 Å². The van der Waals surface area contributed by atoms with Crippen molar-refractivity contribution in [2.75, 3.05) is 17.6 Å². The predicted molar refractivity (Wildman–Crippen MR) is 149 cm³/mol. The van der Waals surface area contributed by atoms with Gasteiger partial charge in [-0.1, -0.05) is 50.1 Å². The molecule has 0 spiro atoms. The van der Waals surface area contributed by atoms with Crippen LogP contribution in [0.4, 0.5) is 10.5 Å². The lowest BCUT2D eigenvalue weighted by Crippen LogP contribution is -2.53. The highest BCUT2D eigenvalue weighted by Gasteiger charge is 2.35. The van der Waals surface area contributed by atoms with Crippen LogP contribution in [0.15, 0.2) is 48.5 Å². The third kappa shape index (κ3) is 9.31. The maximum absolute atomic E-state index is 13.9. The van der Waals surface area contributed by atoms with Crippen LogP contribution in [0.1, 0.15) is 64.1 Å². The number of rotatable bonds is 11. The normalized spacial score (nSPS) is 12.8. The van der Waals surface area contributed by atoms with Crippen LogP contribution in [0.25, 0.3) is 0 Å². The van der Waals surface area contributed by atoms with Gasteiger partial charge in [0.2, 0.25) is 5.91 Å². The molecule has 0 aliphatic rings. The Morgan fingerprint density at radius 1 is 1.05 bits per heavy atom. The van der Waals surface area contributed by atoms with E-state index in [1.807, 2.05) is 25.1 Å². The van der Waals surface area contributed by atoms with E-state index in [0.717, 1.165) is 18.4 Å². The average molecular weight is 530 g/mol. The summed E-state index contributed by atoms with van der Waals surface area (Å²) in [4.78, 5) is 41.5. The number of anilines is 1. The number of thiol groups is 1. The maximum Gasteiger partial charge on any atom is 0.408 e. The smallest absolute Gasteiger partial charge is 0.408 e. The molecule has 0 aliphatic heterocycles. The number of aromatic hydroxyl groups is 1. The Hall–Kier alpha value is -3.20. The lowest BCUT2D eigenvalue weighted by Gasteiger charge is -2.34. The molecule has 0 saturated heterocycles. The maximum atomic E-state index is 13.9. The van der Waals surface area contributed by atoms with Gasteiger partial charge in [0.15, 0.2) is 0 Å². The molecule has 0 bridgehead atoms. The predicted octanol–water partition coefficient (Wildman–Crippen LogP) is 5.22. The highest BCUT2D eigenvalue weighted by atomic mass is 32.1. The Bertz CT molecular complexity index is 1050. The number of carbonyl (C=O) groups excluding carboxylic acids is 3. The summed E-state index contributed by atoms with van der Waals surface area (Å²) in [5.74, 6) is -0.787. The number of ether oxygens (including phenoxy) is 1. The van der Waals surface area contributed by atoms with Crippen molar-refractivity contribution in [2.24, 2.45) is 0 Å². The molecule has 8 nitrogen and oxygen atoms in total. The van der Waals surface area contributed by atoms with E-state index in [4.69, 9.17) is 4.74 Å². The van der Waals surface area contributed by atoms with Crippen LogP contribution < -0.4 is 10.6 Å². The van der Waals surface area contributed by atoms with Gasteiger partial charge in [-0.3, -0.25) is 9.59 Å². The highest BCUT2D eigenvalue weighted by Crippen LogP contribution is 2.27. The molecule has 202 valence electrons. The van der Waals surface area contributed by atoms with E-state index < -0.39 is 35.6 Å². The topological polar surface area (TPSA) is 108 Å². The molecule has 2 unspecified atom stereocenters. The molecule has 3 N–H and O–H groups in total. The number of nitrogens with one attached hydrogen (secondary N) is 2. The van der Waals surface area contributed by atoms with E-state index in [2.05, 4.69) is 30.2 Å². The fourth-order valence-corrected chi connectivity index (χ4v) is 4.03. The molecule has 2 aromatic carbocycles. The van der Waals surface area contributed by atoms with Gasteiger partial charge in [0, 0.05) is 18.0 Å². The van der Waals surface area contributed by atoms with Crippen molar-refractivity contribution < 1.29 is 24.2 Å². The zero-order valence-corrected chi connectivity index (χ0v) is 23.2. The molecular weight excluding hydrogens is 490 g/mol. The van der Waals surface area contributed by atoms with E-state index >= 15 is 0 Å². The lowest BCUT2D eigenvalue weighted by atomic mass is 10.0. The summed E-state index contributed by atoms with van der Waals surface area (Å²) in [5.41, 5.74) is 1.31. The average Bonchev–Trinajstić information content (AvgIpc) is 2.83. The summed E-state index contributed by atoms with van der Waals surface area (Å²) < 4.78 is 5.33. The van der Waals surface area contributed by atoms with Gasteiger partial charge in [0.05, 0.1) is 0 Å². The second-order valence-corrected chi connectivity index (χ2v) is 10.3. The number of aryl methyl sites for hydroxylation is 1. The number of hydrogen-bond donors (Lipinski definition) is 4. The summed E-state index contributed by atoms with van der Waals surface area (Å²) in [7, 11) is 0. The number of amides is 3. The minimum absolute atomic E-state index is 0.0179. The molecule has 37 heavy (non-hydrogen) atoms. The lowest BCUT2D eigenvalue weighted by molar-refractivity contribution is -0.140. The van der Waals surface area contributed by atoms with Crippen LogP contribution in [0.2, 0.25) is 0 Å². The first kappa shape index (κ1) is 30.0. The fourth-order valence-electron chi connectivity index (χ4n) is 3.78. The van der Waals surface area contributed by atoms with Crippen molar-refractivity contribution >= 4 is 36.2 Å². The number of phenolic OH excluding ortho intramolecular Hbond substituents is 1. The summed E-state index contributed by atoms with van der Waals surface area (Å²) in [6, 6.07) is 11.6. The van der Waals surface area contributed by atoms with Crippen molar-refractivity contribution in [3.63, 3.8) is 0 Å². The van der Waals surface area contributed by atoms with E-state index in [0.29, 0.717) is 24.2 Å². The second-order valence-electron chi connectivity index (χ2n) is 9.92. The van der Waals surface area contributed by atoms with Gasteiger partial charge in [-0.25, -0.2) is 4.79 Å². The molecule has 0 fully saturated rings. The minimum Gasteiger partial charge on any atom is -0.508 e. The van der Waals surface area contributed by atoms with Crippen LogP contribution in [0.3, 0.4) is 0 Å². The number of nitrogens with zero attached hydrogens (tertiary/aromatic N) is 1. The quantitative estimate of drug-likeness (QED) is 0.236. The van der Waals surface area contributed by atoms with Gasteiger partial charge in [-0.05, 0) is 63.4 Å². The molecule has 2 aromatic rings. The Labute approximate surface area is 225 Å². The van der Waals surface area contributed by atoms with Crippen LogP contribution >= 0.6 is 12.6 Å². The van der Waals surface area contributed by atoms with Crippen molar-refractivity contribution in [3.05, 3.63) is 59.7 Å². The first-order valence-electron chi connectivity index (χ1n) is 12.5. The largest absolute Gasteiger partial charge is 0.508 e. The summed E-state index contributed by atoms with van der Waals surface area (Å²) in [5, 5.41) is 15.4. The number of unbranched alkanes of at least 4 members (excludes halogenated alkanes) is 2. The molecule has 3 amide bonds. The molecule has 0 aliphatic carbocycles. The molecule has 2 rings (SSSR count). The SMILES string of the molecule is CCCCCN(C(=O)C(CS)NC(=O)OC(C)(C)C)C(C(=O)Nc1ccccc1C)c1ccc(O)cc1. The van der Waals surface area contributed by atoms with Gasteiger partial charge < -0.3 is 25.4 Å². The zero-order chi connectivity index (χ0) is 27.6. The van der Waals surface area contributed by atoms with Crippen molar-refractivity contribution in [1.82, 2.24) is 10.2 Å². The number of carbonyl (C=O) groups is 3. The van der Waals surface area contributed by atoms with Crippen molar-refractivity contribution in [2.45, 2.75) is 71.6 Å². The van der Waals surface area contributed by atoms with E-state index in [1.165, 1.54) is 17.0 Å². The van der Waals surface area contributed by atoms with Gasteiger partial charge in [0.1, 0.15) is 23.4 Å². The third-order valence-corrected chi connectivity index (χ3v) is 5.99. The van der Waals surface area contributed by atoms with Crippen LogP contribution in [-0.2, 0) is 14.3 Å². The standard InChI is InChI=1S/C28H39N3O5S/c1-6-7-10-17-31(26(34)23(18-37)30-27(35)36-28(3,4)5)24(20-13-15-21(32)16-14-20)25(33)29-22-12-9-8-11-19(22)2/h8-9,11-16,23-24,32,37H,6-7,10,17-18H2,1-5H3,(H,29,33)(H,30,35). The Morgan fingerprint density at radius 2 is 1.70 bits per heavy atom. The summed E-state index contributed by atoms with van der Waals surface area (Å²) in [6.07, 6.45) is 1.71. The number of hydrogen-bond acceptors (Lipinski definition) is 6. The molecule has 0 saturated carbocycles. The van der Waals surface area contributed by atoms with E-state index in [9.17, 15) is 19.5 Å².